The molecule has 2 aromatic heterocycles. The van der Waals surface area contributed by atoms with E-state index in [1.807, 2.05) is 17.5 Å². The predicted octanol–water partition coefficient (Wildman–Crippen LogP) is 3.73. The normalized spacial score (nSPS) is 25.2. The van der Waals surface area contributed by atoms with Crippen molar-refractivity contribution in [3.63, 3.8) is 0 Å². The van der Waals surface area contributed by atoms with E-state index >= 15 is 0 Å². The van der Waals surface area contributed by atoms with Gasteiger partial charge >= 0.3 is 0 Å². The van der Waals surface area contributed by atoms with Crippen molar-refractivity contribution < 1.29 is 0 Å². The quantitative estimate of drug-likeness (QED) is 0.907. The Morgan fingerprint density at radius 2 is 1.95 bits per heavy atom. The molecule has 0 radical (unpaired) electrons. The molecule has 3 nitrogen and oxygen atoms in total. The molecule has 2 aromatic rings. The lowest BCUT2D eigenvalue weighted by atomic mass is 9.91. The van der Waals surface area contributed by atoms with Crippen LogP contribution < -0.4 is 10.6 Å². The zero-order valence-corrected chi connectivity index (χ0v) is 13.4. The van der Waals surface area contributed by atoms with E-state index in [9.17, 15) is 0 Å². The van der Waals surface area contributed by atoms with Crippen LogP contribution in [0.5, 0.6) is 0 Å². The summed E-state index contributed by atoms with van der Waals surface area (Å²) in [5.41, 5.74) is 2.90. The van der Waals surface area contributed by atoms with Gasteiger partial charge in [0.1, 0.15) is 4.83 Å². The summed E-state index contributed by atoms with van der Waals surface area (Å²) in [6.45, 7) is 0. The van der Waals surface area contributed by atoms with Crippen LogP contribution in [-0.4, -0.2) is 24.1 Å². The van der Waals surface area contributed by atoms with Gasteiger partial charge in [-0.3, -0.25) is 0 Å². The van der Waals surface area contributed by atoms with E-state index in [1.54, 1.807) is 10.4 Å². The van der Waals surface area contributed by atoms with E-state index in [0.717, 1.165) is 0 Å². The van der Waals surface area contributed by atoms with Gasteiger partial charge in [0.25, 0.3) is 0 Å². The maximum Gasteiger partial charge on any atom is 0.125 e. The number of aromatic nitrogens is 1. The standard InChI is InChI=1S/C17H23N3S/c1-18-11-5-7-12(8-6-11)20-14-9-10-19-17-16(14)13-3-2-4-15(13)21-17/h9-12,18H,2-8H2,1H3,(H,19,20)/t11-,12-. The summed E-state index contributed by atoms with van der Waals surface area (Å²) in [6, 6.07) is 3.51. The van der Waals surface area contributed by atoms with E-state index in [-0.39, 0.29) is 0 Å². The van der Waals surface area contributed by atoms with Crippen LogP contribution in [0.3, 0.4) is 0 Å². The van der Waals surface area contributed by atoms with Gasteiger partial charge < -0.3 is 10.6 Å². The van der Waals surface area contributed by atoms with Gasteiger partial charge in [0, 0.05) is 34.2 Å². The average molecular weight is 301 g/mol. The topological polar surface area (TPSA) is 37.0 Å². The van der Waals surface area contributed by atoms with E-state index in [0.29, 0.717) is 12.1 Å². The molecule has 0 spiro atoms. The number of hydrogen-bond acceptors (Lipinski definition) is 4. The largest absolute Gasteiger partial charge is 0.382 e. The van der Waals surface area contributed by atoms with Crippen molar-refractivity contribution in [1.29, 1.82) is 0 Å². The van der Waals surface area contributed by atoms with Crippen LogP contribution in [0.2, 0.25) is 0 Å². The second-order valence-electron chi connectivity index (χ2n) is 6.38. The Bertz CT molecular complexity index is 641. The van der Waals surface area contributed by atoms with Crippen molar-refractivity contribution in [3.8, 4) is 0 Å². The summed E-state index contributed by atoms with van der Waals surface area (Å²) in [7, 11) is 2.08. The summed E-state index contributed by atoms with van der Waals surface area (Å²) in [6.07, 6.45) is 10.9. The number of anilines is 1. The molecule has 0 saturated heterocycles. The fourth-order valence-electron chi connectivity index (χ4n) is 3.89. The highest BCUT2D eigenvalue weighted by atomic mass is 32.1. The number of pyridine rings is 1. The molecule has 2 heterocycles. The molecule has 2 aliphatic rings. The smallest absolute Gasteiger partial charge is 0.125 e. The molecule has 21 heavy (non-hydrogen) atoms. The van der Waals surface area contributed by atoms with Crippen LogP contribution >= 0.6 is 11.3 Å². The minimum atomic E-state index is 0.622. The maximum atomic E-state index is 4.59. The fraction of sp³-hybridized carbons (Fsp3) is 0.588. The Kier molecular flexibility index (Phi) is 3.59. The maximum absolute atomic E-state index is 4.59. The second-order valence-corrected chi connectivity index (χ2v) is 7.46. The lowest BCUT2D eigenvalue weighted by molar-refractivity contribution is 0.371. The molecule has 0 aliphatic heterocycles. The summed E-state index contributed by atoms with van der Waals surface area (Å²) in [4.78, 5) is 7.40. The zero-order chi connectivity index (χ0) is 14.2. The van der Waals surface area contributed by atoms with Crippen molar-refractivity contribution in [3.05, 3.63) is 22.7 Å². The molecule has 2 N–H and O–H groups in total. The van der Waals surface area contributed by atoms with Gasteiger partial charge in [-0.25, -0.2) is 4.98 Å². The number of hydrogen-bond donors (Lipinski definition) is 2. The number of rotatable bonds is 3. The highest BCUT2D eigenvalue weighted by Gasteiger charge is 2.23. The van der Waals surface area contributed by atoms with Gasteiger partial charge in [-0.2, -0.15) is 0 Å². The fourth-order valence-corrected chi connectivity index (χ4v) is 5.14. The number of fused-ring (bicyclic) bond motifs is 3. The van der Waals surface area contributed by atoms with Crippen molar-refractivity contribution in [2.75, 3.05) is 12.4 Å². The molecule has 4 heteroatoms. The molecular formula is C17H23N3S. The first-order valence-corrected chi connectivity index (χ1v) is 9.00. The molecule has 0 aromatic carbocycles. The first-order valence-electron chi connectivity index (χ1n) is 8.18. The molecule has 112 valence electrons. The van der Waals surface area contributed by atoms with E-state index < -0.39 is 0 Å². The number of nitrogens with one attached hydrogen (secondary N) is 2. The van der Waals surface area contributed by atoms with Gasteiger partial charge in [-0.1, -0.05) is 0 Å². The van der Waals surface area contributed by atoms with Crippen LogP contribution in [0.25, 0.3) is 10.2 Å². The predicted molar refractivity (Wildman–Crippen MR) is 90.4 cm³/mol. The van der Waals surface area contributed by atoms with E-state index in [1.165, 1.54) is 60.8 Å². The van der Waals surface area contributed by atoms with Crippen LogP contribution in [0.1, 0.15) is 42.5 Å². The van der Waals surface area contributed by atoms with Crippen LogP contribution in [0.4, 0.5) is 5.69 Å². The molecule has 1 fully saturated rings. The second kappa shape index (κ2) is 5.58. The lowest BCUT2D eigenvalue weighted by Crippen LogP contribution is -2.35. The van der Waals surface area contributed by atoms with Crippen molar-refractivity contribution in [2.24, 2.45) is 0 Å². The summed E-state index contributed by atoms with van der Waals surface area (Å²) >= 11 is 1.91. The first-order chi connectivity index (χ1) is 10.3. The van der Waals surface area contributed by atoms with Crippen LogP contribution in [0, 0.1) is 0 Å². The van der Waals surface area contributed by atoms with Gasteiger partial charge in [0.05, 0.1) is 0 Å². The molecule has 0 atom stereocenters. The molecule has 4 rings (SSSR count). The Morgan fingerprint density at radius 3 is 2.76 bits per heavy atom. The van der Waals surface area contributed by atoms with E-state index in [4.69, 9.17) is 0 Å². The lowest BCUT2D eigenvalue weighted by Gasteiger charge is -2.29. The average Bonchev–Trinajstić information content (AvgIpc) is 3.09. The summed E-state index contributed by atoms with van der Waals surface area (Å²) in [5.74, 6) is 0. The monoisotopic (exact) mass is 301 g/mol. The van der Waals surface area contributed by atoms with Crippen molar-refractivity contribution in [1.82, 2.24) is 10.3 Å². The molecule has 0 amide bonds. The molecule has 0 bridgehead atoms. The number of thiophene rings is 1. The number of aryl methyl sites for hydroxylation is 2. The minimum absolute atomic E-state index is 0.622. The highest BCUT2D eigenvalue weighted by Crippen LogP contribution is 2.40. The Hall–Kier alpha value is -1.13. The molecule has 0 unspecified atom stereocenters. The zero-order valence-electron chi connectivity index (χ0n) is 12.6. The summed E-state index contributed by atoms with van der Waals surface area (Å²) in [5, 5.41) is 8.66. The summed E-state index contributed by atoms with van der Waals surface area (Å²) < 4.78 is 0. The molecule has 1 saturated carbocycles. The third-order valence-corrected chi connectivity index (χ3v) is 6.30. The first kappa shape index (κ1) is 13.5. The number of nitrogens with zero attached hydrogens (tertiary/aromatic N) is 1. The van der Waals surface area contributed by atoms with Gasteiger partial charge in [-0.05, 0) is 63.6 Å². The van der Waals surface area contributed by atoms with Crippen molar-refractivity contribution in [2.45, 2.75) is 57.0 Å². The van der Waals surface area contributed by atoms with Crippen LogP contribution in [0.15, 0.2) is 12.3 Å². The SMILES string of the molecule is CN[C@H]1CC[C@H](Nc2ccnc3sc4c(c23)CCC4)CC1. The van der Waals surface area contributed by atoms with Crippen molar-refractivity contribution >= 4 is 27.2 Å². The minimum Gasteiger partial charge on any atom is -0.382 e. The van der Waals surface area contributed by atoms with Crippen LogP contribution in [-0.2, 0) is 12.8 Å². The Balaban J connectivity index is 1.59. The van der Waals surface area contributed by atoms with Gasteiger partial charge in [0.2, 0.25) is 0 Å². The van der Waals surface area contributed by atoms with Gasteiger partial charge in [-0.15, -0.1) is 11.3 Å². The molecular weight excluding hydrogens is 278 g/mol. The Morgan fingerprint density at radius 1 is 1.14 bits per heavy atom. The Labute approximate surface area is 130 Å². The van der Waals surface area contributed by atoms with Gasteiger partial charge in [0.15, 0.2) is 0 Å². The third-order valence-electron chi connectivity index (χ3n) is 5.10. The third kappa shape index (κ3) is 2.44. The van der Waals surface area contributed by atoms with E-state index in [2.05, 4.69) is 28.7 Å². The highest BCUT2D eigenvalue weighted by molar-refractivity contribution is 7.19. The molecule has 2 aliphatic carbocycles.